The van der Waals surface area contributed by atoms with Gasteiger partial charge in [-0.25, -0.2) is 4.99 Å². The summed E-state index contributed by atoms with van der Waals surface area (Å²) in [6, 6.07) is 10.3. The maximum atomic E-state index is 8.78. The molecule has 1 aromatic rings. The Labute approximate surface area is 120 Å². The second kappa shape index (κ2) is 7.54. The number of hydrogen-bond donors (Lipinski definition) is 2. The second-order valence-electron chi connectivity index (χ2n) is 5.13. The van der Waals surface area contributed by atoms with Crippen LogP contribution in [0.3, 0.4) is 0 Å². The largest absolute Gasteiger partial charge is 0.357 e. The molecular formula is C16H22N4. The van der Waals surface area contributed by atoms with E-state index in [2.05, 4.69) is 28.6 Å². The van der Waals surface area contributed by atoms with Crippen molar-refractivity contribution in [3.8, 4) is 6.07 Å². The van der Waals surface area contributed by atoms with E-state index >= 15 is 0 Å². The molecule has 1 saturated carbocycles. The molecular weight excluding hydrogens is 248 g/mol. The van der Waals surface area contributed by atoms with E-state index in [-0.39, 0.29) is 0 Å². The number of benzene rings is 1. The van der Waals surface area contributed by atoms with E-state index in [1.54, 1.807) is 0 Å². The summed E-state index contributed by atoms with van der Waals surface area (Å²) < 4.78 is 0. The van der Waals surface area contributed by atoms with Gasteiger partial charge in [-0.1, -0.05) is 25.0 Å². The van der Waals surface area contributed by atoms with Crippen molar-refractivity contribution in [2.24, 2.45) is 4.99 Å². The minimum Gasteiger partial charge on any atom is -0.357 e. The zero-order valence-corrected chi connectivity index (χ0v) is 12.0. The first-order chi connectivity index (χ1) is 9.81. The summed E-state index contributed by atoms with van der Waals surface area (Å²) in [5.74, 6) is 0.892. The topological polar surface area (TPSA) is 60.2 Å². The molecule has 20 heavy (non-hydrogen) atoms. The van der Waals surface area contributed by atoms with Gasteiger partial charge in [0.1, 0.15) is 0 Å². The monoisotopic (exact) mass is 270 g/mol. The predicted molar refractivity (Wildman–Crippen MR) is 81.4 cm³/mol. The highest BCUT2D eigenvalue weighted by Gasteiger charge is 2.15. The third-order valence-electron chi connectivity index (χ3n) is 3.54. The summed E-state index contributed by atoms with van der Waals surface area (Å²) >= 11 is 0. The van der Waals surface area contributed by atoms with Crippen LogP contribution in [0, 0.1) is 11.3 Å². The van der Waals surface area contributed by atoms with Gasteiger partial charge < -0.3 is 10.6 Å². The fourth-order valence-electron chi connectivity index (χ4n) is 2.44. The zero-order valence-electron chi connectivity index (χ0n) is 12.0. The van der Waals surface area contributed by atoms with Gasteiger partial charge in [0.2, 0.25) is 0 Å². The van der Waals surface area contributed by atoms with Gasteiger partial charge >= 0.3 is 0 Å². The number of nitrogens with zero attached hydrogens (tertiary/aromatic N) is 2. The molecule has 0 heterocycles. The third kappa shape index (κ3) is 4.27. The van der Waals surface area contributed by atoms with Gasteiger partial charge in [-0.2, -0.15) is 5.26 Å². The molecule has 0 aromatic heterocycles. The van der Waals surface area contributed by atoms with Crippen molar-refractivity contribution in [3.63, 3.8) is 0 Å². The van der Waals surface area contributed by atoms with Crippen LogP contribution in [0.2, 0.25) is 0 Å². The van der Waals surface area contributed by atoms with Gasteiger partial charge in [0.05, 0.1) is 18.2 Å². The van der Waals surface area contributed by atoms with Crippen molar-refractivity contribution in [2.75, 3.05) is 6.54 Å². The van der Waals surface area contributed by atoms with Crippen LogP contribution in [0.25, 0.3) is 0 Å². The highest BCUT2D eigenvalue weighted by Crippen LogP contribution is 2.17. The smallest absolute Gasteiger partial charge is 0.191 e. The molecule has 0 radical (unpaired) electrons. The van der Waals surface area contributed by atoms with Gasteiger partial charge in [-0.05, 0) is 37.5 Å². The van der Waals surface area contributed by atoms with Crippen LogP contribution in [0.4, 0.5) is 0 Å². The van der Waals surface area contributed by atoms with Crippen molar-refractivity contribution in [1.82, 2.24) is 10.6 Å². The second-order valence-corrected chi connectivity index (χ2v) is 5.13. The van der Waals surface area contributed by atoms with Crippen molar-refractivity contribution >= 4 is 5.96 Å². The van der Waals surface area contributed by atoms with Gasteiger partial charge in [0.25, 0.3) is 0 Å². The maximum Gasteiger partial charge on any atom is 0.191 e. The average Bonchev–Trinajstić information content (AvgIpc) is 2.98. The first-order valence-corrected chi connectivity index (χ1v) is 7.35. The molecule has 2 rings (SSSR count). The molecule has 1 aliphatic rings. The first-order valence-electron chi connectivity index (χ1n) is 7.35. The Morgan fingerprint density at radius 2 is 2.00 bits per heavy atom. The number of nitriles is 1. The highest BCUT2D eigenvalue weighted by atomic mass is 15.2. The molecule has 0 atom stereocenters. The van der Waals surface area contributed by atoms with Gasteiger partial charge in [0.15, 0.2) is 5.96 Å². The number of nitrogens with one attached hydrogen (secondary N) is 2. The van der Waals surface area contributed by atoms with E-state index in [0.717, 1.165) is 18.1 Å². The average molecular weight is 270 g/mol. The quantitative estimate of drug-likeness (QED) is 0.653. The van der Waals surface area contributed by atoms with Crippen LogP contribution in [-0.2, 0) is 6.54 Å². The fraction of sp³-hybridized carbons (Fsp3) is 0.500. The lowest BCUT2D eigenvalue weighted by atomic mass is 10.1. The summed E-state index contributed by atoms with van der Waals surface area (Å²) in [5.41, 5.74) is 1.81. The molecule has 0 saturated heterocycles. The third-order valence-corrected chi connectivity index (χ3v) is 3.54. The number of guanidine groups is 1. The molecule has 1 fully saturated rings. The van der Waals surface area contributed by atoms with Crippen LogP contribution in [0.5, 0.6) is 0 Å². The summed E-state index contributed by atoms with van der Waals surface area (Å²) in [7, 11) is 0. The predicted octanol–water partition coefficient (Wildman–Crippen LogP) is 2.56. The van der Waals surface area contributed by atoms with E-state index in [4.69, 9.17) is 5.26 Å². The maximum absolute atomic E-state index is 8.78. The minimum absolute atomic E-state index is 0.564. The Morgan fingerprint density at radius 1 is 1.30 bits per heavy atom. The molecule has 0 aliphatic heterocycles. The Morgan fingerprint density at radius 3 is 2.60 bits per heavy atom. The summed E-state index contributed by atoms with van der Waals surface area (Å²) in [6.45, 7) is 3.58. The Bertz CT molecular complexity index is 478. The van der Waals surface area contributed by atoms with Crippen LogP contribution in [0.15, 0.2) is 29.3 Å². The number of aliphatic imine (C=N–C) groups is 1. The first kappa shape index (κ1) is 14.4. The lowest BCUT2D eigenvalue weighted by Gasteiger charge is -2.16. The van der Waals surface area contributed by atoms with Crippen molar-refractivity contribution in [3.05, 3.63) is 35.4 Å². The summed E-state index contributed by atoms with van der Waals surface area (Å²) in [4.78, 5) is 4.61. The highest BCUT2D eigenvalue weighted by molar-refractivity contribution is 5.80. The fourth-order valence-corrected chi connectivity index (χ4v) is 2.44. The van der Waals surface area contributed by atoms with E-state index in [0.29, 0.717) is 18.2 Å². The lowest BCUT2D eigenvalue weighted by molar-refractivity contribution is 0.614. The summed E-state index contributed by atoms with van der Waals surface area (Å²) in [6.07, 6.45) is 5.10. The Hall–Kier alpha value is -2.02. The summed E-state index contributed by atoms with van der Waals surface area (Å²) in [5, 5.41) is 15.6. The minimum atomic E-state index is 0.564. The molecule has 0 unspecified atom stereocenters. The van der Waals surface area contributed by atoms with E-state index < -0.39 is 0 Å². The number of hydrogen-bond acceptors (Lipinski definition) is 2. The van der Waals surface area contributed by atoms with Crippen molar-refractivity contribution in [1.29, 1.82) is 5.26 Å². The molecule has 0 amide bonds. The molecule has 0 spiro atoms. The number of rotatable bonds is 4. The van der Waals surface area contributed by atoms with Crippen LogP contribution >= 0.6 is 0 Å². The molecule has 2 N–H and O–H groups in total. The molecule has 4 heteroatoms. The molecule has 1 aliphatic carbocycles. The van der Waals surface area contributed by atoms with Gasteiger partial charge in [-0.3, -0.25) is 0 Å². The normalized spacial score (nSPS) is 15.9. The molecule has 1 aromatic carbocycles. The molecule has 0 bridgehead atoms. The Balaban J connectivity index is 1.94. The van der Waals surface area contributed by atoms with Gasteiger partial charge in [0, 0.05) is 12.6 Å². The molecule has 106 valence electrons. The van der Waals surface area contributed by atoms with Gasteiger partial charge in [-0.15, -0.1) is 0 Å². The van der Waals surface area contributed by atoms with Crippen LogP contribution in [-0.4, -0.2) is 18.5 Å². The lowest BCUT2D eigenvalue weighted by Crippen LogP contribution is -2.42. The van der Waals surface area contributed by atoms with Crippen molar-refractivity contribution < 1.29 is 0 Å². The Kier molecular flexibility index (Phi) is 5.43. The SMILES string of the molecule is CCNC(=NCc1ccc(C#N)cc1)NC1CCCC1. The standard InChI is InChI=1S/C16H22N4/c1-2-18-16(20-15-5-3-4-6-15)19-12-14-9-7-13(11-17)8-10-14/h7-10,15H,2-6,12H2,1H3,(H2,18,19,20). The van der Waals surface area contributed by atoms with Crippen LogP contribution in [0.1, 0.15) is 43.7 Å². The molecule has 4 nitrogen and oxygen atoms in total. The van der Waals surface area contributed by atoms with E-state index in [1.165, 1.54) is 25.7 Å². The van der Waals surface area contributed by atoms with Crippen LogP contribution < -0.4 is 10.6 Å². The van der Waals surface area contributed by atoms with Crippen molar-refractivity contribution in [2.45, 2.75) is 45.2 Å². The van der Waals surface area contributed by atoms with E-state index in [1.807, 2.05) is 24.3 Å². The zero-order chi connectivity index (χ0) is 14.2. The van der Waals surface area contributed by atoms with E-state index in [9.17, 15) is 0 Å².